The summed E-state index contributed by atoms with van der Waals surface area (Å²) in [6, 6.07) is 12.0. The average Bonchev–Trinajstić information content (AvgIpc) is 2.63. The molecule has 6 nitrogen and oxygen atoms in total. The summed E-state index contributed by atoms with van der Waals surface area (Å²) in [6.07, 6.45) is 1.82. The molecule has 1 aliphatic heterocycles. The molecule has 0 amide bonds. The number of rotatable bonds is 4. The molecule has 124 valence electrons. The molecule has 2 heterocycles. The molecule has 1 aromatic carbocycles. The average molecular weight is 322 g/mol. The van der Waals surface area contributed by atoms with Gasteiger partial charge in [0.25, 0.3) is 0 Å². The van der Waals surface area contributed by atoms with E-state index in [9.17, 15) is 0 Å². The summed E-state index contributed by atoms with van der Waals surface area (Å²) in [5.74, 6) is 1.74. The lowest BCUT2D eigenvalue weighted by Crippen LogP contribution is -2.46. The van der Waals surface area contributed by atoms with Gasteiger partial charge in [0, 0.05) is 53.0 Å². The molecular weight excluding hydrogens is 300 g/mol. The van der Waals surface area contributed by atoms with Gasteiger partial charge in [0.2, 0.25) is 5.95 Å². The predicted octanol–water partition coefficient (Wildman–Crippen LogP) is 1.74. The topological polar surface area (TPSA) is 59.3 Å². The van der Waals surface area contributed by atoms with Crippen LogP contribution in [-0.4, -0.2) is 55.1 Å². The van der Waals surface area contributed by atoms with E-state index in [-0.39, 0.29) is 0 Å². The minimum atomic E-state index is 0.712. The van der Waals surface area contributed by atoms with E-state index in [0.717, 1.165) is 44.5 Å². The van der Waals surface area contributed by atoms with Gasteiger partial charge in [0.15, 0.2) is 0 Å². The van der Waals surface area contributed by atoms with Crippen molar-refractivity contribution >= 4 is 11.8 Å². The number of nitrogens with zero attached hydrogens (tertiary/aromatic N) is 6. The highest BCUT2D eigenvalue weighted by atomic mass is 15.3. The zero-order chi connectivity index (χ0) is 16.9. The normalized spacial score (nSPS) is 15.1. The van der Waals surface area contributed by atoms with Crippen molar-refractivity contribution in [1.82, 2.24) is 14.9 Å². The summed E-state index contributed by atoms with van der Waals surface area (Å²) in [4.78, 5) is 15.6. The number of hydrogen-bond acceptors (Lipinski definition) is 6. The van der Waals surface area contributed by atoms with Crippen molar-refractivity contribution in [2.45, 2.75) is 6.54 Å². The largest absolute Gasteiger partial charge is 0.354 e. The van der Waals surface area contributed by atoms with Crippen LogP contribution in [-0.2, 0) is 6.54 Å². The number of aromatic nitrogens is 2. The first-order valence-electron chi connectivity index (χ1n) is 8.12. The van der Waals surface area contributed by atoms with Crippen molar-refractivity contribution in [3.63, 3.8) is 0 Å². The lowest BCUT2D eigenvalue weighted by atomic mass is 10.1. The minimum absolute atomic E-state index is 0.712. The first-order chi connectivity index (χ1) is 11.7. The number of anilines is 2. The van der Waals surface area contributed by atoms with Gasteiger partial charge in [-0.1, -0.05) is 12.1 Å². The molecule has 1 aromatic heterocycles. The molecule has 1 aliphatic rings. The van der Waals surface area contributed by atoms with Crippen LogP contribution in [0.1, 0.15) is 11.1 Å². The molecular formula is C18H22N6. The second kappa shape index (κ2) is 7.28. The standard InChI is InChI=1S/C18H22N6/c1-22(2)18-20-8-7-17(21-18)24-11-9-23(10-12-24)14-16-5-3-15(13-19)4-6-16/h3-8H,9-12,14H2,1-2H3. The fourth-order valence-corrected chi connectivity index (χ4v) is 2.81. The second-order valence-corrected chi connectivity index (χ2v) is 6.18. The molecule has 2 aromatic rings. The lowest BCUT2D eigenvalue weighted by Gasteiger charge is -2.35. The molecule has 0 aliphatic carbocycles. The molecule has 0 saturated carbocycles. The Bertz CT molecular complexity index is 711. The highest BCUT2D eigenvalue weighted by Crippen LogP contribution is 2.17. The van der Waals surface area contributed by atoms with E-state index in [4.69, 9.17) is 5.26 Å². The highest BCUT2D eigenvalue weighted by molar-refractivity contribution is 5.43. The monoisotopic (exact) mass is 322 g/mol. The SMILES string of the molecule is CN(C)c1nccc(N2CCN(Cc3ccc(C#N)cc3)CC2)n1. The molecule has 0 bridgehead atoms. The Morgan fingerprint density at radius 2 is 1.79 bits per heavy atom. The van der Waals surface area contributed by atoms with Gasteiger partial charge in [-0.25, -0.2) is 4.98 Å². The van der Waals surface area contributed by atoms with E-state index in [1.54, 1.807) is 0 Å². The van der Waals surface area contributed by atoms with Gasteiger partial charge >= 0.3 is 0 Å². The Morgan fingerprint density at radius 1 is 1.08 bits per heavy atom. The Hall–Kier alpha value is -2.65. The van der Waals surface area contributed by atoms with E-state index < -0.39 is 0 Å². The van der Waals surface area contributed by atoms with Crippen LogP contribution >= 0.6 is 0 Å². The van der Waals surface area contributed by atoms with Crippen molar-refractivity contribution < 1.29 is 0 Å². The summed E-state index contributed by atoms with van der Waals surface area (Å²) in [5.41, 5.74) is 1.96. The first-order valence-corrected chi connectivity index (χ1v) is 8.12. The van der Waals surface area contributed by atoms with E-state index in [1.807, 2.05) is 55.5 Å². The summed E-state index contributed by atoms with van der Waals surface area (Å²) in [7, 11) is 3.91. The van der Waals surface area contributed by atoms with Gasteiger partial charge in [0.05, 0.1) is 11.6 Å². The third-order valence-corrected chi connectivity index (χ3v) is 4.21. The van der Waals surface area contributed by atoms with Crippen LogP contribution < -0.4 is 9.80 Å². The maximum atomic E-state index is 8.86. The van der Waals surface area contributed by atoms with Crippen LogP contribution in [0.25, 0.3) is 0 Å². The Labute approximate surface area is 143 Å². The van der Waals surface area contributed by atoms with E-state index >= 15 is 0 Å². The highest BCUT2D eigenvalue weighted by Gasteiger charge is 2.18. The van der Waals surface area contributed by atoms with Crippen LogP contribution in [0.4, 0.5) is 11.8 Å². The van der Waals surface area contributed by atoms with Crippen molar-refractivity contribution in [1.29, 1.82) is 5.26 Å². The minimum Gasteiger partial charge on any atom is -0.354 e. The van der Waals surface area contributed by atoms with Gasteiger partial charge in [-0.15, -0.1) is 0 Å². The van der Waals surface area contributed by atoms with Crippen LogP contribution in [0.15, 0.2) is 36.5 Å². The number of piperazine rings is 1. The van der Waals surface area contributed by atoms with Crippen molar-refractivity contribution in [2.75, 3.05) is 50.1 Å². The zero-order valence-electron chi connectivity index (χ0n) is 14.2. The van der Waals surface area contributed by atoms with E-state index in [1.165, 1.54) is 5.56 Å². The summed E-state index contributed by atoms with van der Waals surface area (Å²) in [6.45, 7) is 4.84. The van der Waals surface area contributed by atoms with Crippen molar-refractivity contribution in [2.24, 2.45) is 0 Å². The van der Waals surface area contributed by atoms with Gasteiger partial charge in [-0.05, 0) is 23.8 Å². The number of nitriles is 1. The zero-order valence-corrected chi connectivity index (χ0v) is 14.2. The number of hydrogen-bond donors (Lipinski definition) is 0. The smallest absolute Gasteiger partial charge is 0.226 e. The van der Waals surface area contributed by atoms with Crippen molar-refractivity contribution in [3.8, 4) is 6.07 Å². The maximum absolute atomic E-state index is 8.86. The van der Waals surface area contributed by atoms with E-state index in [2.05, 4.69) is 25.8 Å². The molecule has 0 unspecified atom stereocenters. The molecule has 0 atom stereocenters. The van der Waals surface area contributed by atoms with Crippen LogP contribution in [0.5, 0.6) is 0 Å². The van der Waals surface area contributed by atoms with Crippen LogP contribution in [0.2, 0.25) is 0 Å². The maximum Gasteiger partial charge on any atom is 0.226 e. The third-order valence-electron chi connectivity index (χ3n) is 4.21. The molecule has 0 N–H and O–H groups in total. The van der Waals surface area contributed by atoms with Gasteiger partial charge in [0.1, 0.15) is 5.82 Å². The van der Waals surface area contributed by atoms with Crippen LogP contribution in [0.3, 0.4) is 0 Å². The molecule has 1 saturated heterocycles. The molecule has 24 heavy (non-hydrogen) atoms. The Morgan fingerprint density at radius 3 is 2.42 bits per heavy atom. The van der Waals surface area contributed by atoms with Crippen LogP contribution in [0, 0.1) is 11.3 Å². The fraction of sp³-hybridized carbons (Fsp3) is 0.389. The molecule has 1 fully saturated rings. The summed E-state index contributed by atoms with van der Waals surface area (Å²) in [5, 5.41) is 8.86. The van der Waals surface area contributed by atoms with E-state index in [0.29, 0.717) is 5.56 Å². The molecule has 0 radical (unpaired) electrons. The van der Waals surface area contributed by atoms with Crippen molar-refractivity contribution in [3.05, 3.63) is 47.7 Å². The molecule has 0 spiro atoms. The second-order valence-electron chi connectivity index (χ2n) is 6.18. The third kappa shape index (κ3) is 3.81. The Balaban J connectivity index is 1.57. The Kier molecular flexibility index (Phi) is 4.92. The fourth-order valence-electron chi connectivity index (χ4n) is 2.81. The predicted molar refractivity (Wildman–Crippen MR) is 95.0 cm³/mol. The molecule has 6 heteroatoms. The number of benzene rings is 1. The first kappa shape index (κ1) is 16.2. The van der Waals surface area contributed by atoms with Gasteiger partial charge in [-0.2, -0.15) is 10.2 Å². The lowest BCUT2D eigenvalue weighted by molar-refractivity contribution is 0.249. The van der Waals surface area contributed by atoms with Gasteiger partial charge in [-0.3, -0.25) is 4.90 Å². The molecule has 3 rings (SSSR count). The quantitative estimate of drug-likeness (QED) is 0.854. The van der Waals surface area contributed by atoms with Gasteiger partial charge < -0.3 is 9.80 Å². The summed E-state index contributed by atoms with van der Waals surface area (Å²) >= 11 is 0. The summed E-state index contributed by atoms with van der Waals surface area (Å²) < 4.78 is 0.